The molecule has 2 N–H and O–H groups in total. The van der Waals surface area contributed by atoms with Gasteiger partial charge in [-0.3, -0.25) is 4.99 Å². The van der Waals surface area contributed by atoms with Crippen molar-refractivity contribution in [2.24, 2.45) is 10.9 Å². The topological polar surface area (TPSA) is 36.4 Å². The van der Waals surface area contributed by atoms with Crippen LogP contribution in [0.5, 0.6) is 0 Å². The summed E-state index contributed by atoms with van der Waals surface area (Å²) in [6.07, 6.45) is 9.21. The van der Waals surface area contributed by atoms with Crippen LogP contribution < -0.4 is 10.6 Å². The van der Waals surface area contributed by atoms with Crippen molar-refractivity contribution in [2.45, 2.75) is 26.7 Å². The Hall–Kier alpha value is -2.03. The first-order valence-corrected chi connectivity index (χ1v) is 7.69. The highest BCUT2D eigenvalue weighted by atomic mass is 14.9. The van der Waals surface area contributed by atoms with Gasteiger partial charge in [-0.2, -0.15) is 0 Å². The third-order valence-corrected chi connectivity index (χ3v) is 3.74. The standard InChI is InChI=1S/C18H25N3/c1-4-20-18-12-16(10-11-17(18)19-3)21-13-14(2)15-8-6-5-7-9-15/h6,8-12,14,20-21H,3-5,7,13H2,1-2H3. The molecule has 0 bridgehead atoms. The van der Waals surface area contributed by atoms with E-state index in [4.69, 9.17) is 0 Å². The fourth-order valence-corrected chi connectivity index (χ4v) is 2.50. The molecule has 0 aromatic heterocycles. The SMILES string of the molecule is C=Nc1ccc(NCC(C)C2=CCCC=C2)cc1NCC. The molecule has 1 aliphatic rings. The van der Waals surface area contributed by atoms with Gasteiger partial charge in [-0.25, -0.2) is 0 Å². The molecule has 0 spiro atoms. The molecule has 112 valence electrons. The third-order valence-electron chi connectivity index (χ3n) is 3.74. The van der Waals surface area contributed by atoms with Crippen LogP contribution in [0.2, 0.25) is 0 Å². The van der Waals surface area contributed by atoms with Gasteiger partial charge in [0.05, 0.1) is 11.4 Å². The summed E-state index contributed by atoms with van der Waals surface area (Å²) in [6, 6.07) is 6.16. The number of nitrogens with zero attached hydrogens (tertiary/aromatic N) is 1. The minimum atomic E-state index is 0.515. The van der Waals surface area contributed by atoms with Gasteiger partial charge in [-0.1, -0.05) is 25.2 Å². The molecule has 0 saturated carbocycles. The van der Waals surface area contributed by atoms with Crippen LogP contribution in [-0.4, -0.2) is 19.8 Å². The Labute approximate surface area is 127 Å². The molecule has 21 heavy (non-hydrogen) atoms. The molecule has 3 heteroatoms. The molecule has 3 nitrogen and oxygen atoms in total. The van der Waals surface area contributed by atoms with E-state index in [0.717, 1.165) is 30.2 Å². The summed E-state index contributed by atoms with van der Waals surface area (Å²) in [7, 11) is 0. The molecule has 0 heterocycles. The summed E-state index contributed by atoms with van der Waals surface area (Å²) in [5, 5.41) is 6.84. The molecular formula is C18H25N3. The molecule has 1 aromatic rings. The summed E-state index contributed by atoms with van der Waals surface area (Å²) >= 11 is 0. The quantitative estimate of drug-likeness (QED) is 0.707. The Morgan fingerprint density at radius 2 is 2.14 bits per heavy atom. The van der Waals surface area contributed by atoms with Crippen LogP contribution in [0.4, 0.5) is 17.1 Å². The van der Waals surface area contributed by atoms with Gasteiger partial charge in [-0.05, 0) is 56.2 Å². The molecule has 1 unspecified atom stereocenters. The summed E-state index contributed by atoms with van der Waals surface area (Å²) in [5.41, 5.74) is 4.48. The molecule has 0 radical (unpaired) electrons. The largest absolute Gasteiger partial charge is 0.384 e. The highest BCUT2D eigenvalue weighted by molar-refractivity contribution is 5.72. The van der Waals surface area contributed by atoms with Crippen LogP contribution in [0.25, 0.3) is 0 Å². The van der Waals surface area contributed by atoms with Gasteiger partial charge in [0.25, 0.3) is 0 Å². The number of aliphatic imine (C=N–C) groups is 1. The molecule has 0 aliphatic heterocycles. The maximum Gasteiger partial charge on any atom is 0.0855 e. The van der Waals surface area contributed by atoms with Crippen molar-refractivity contribution in [3.8, 4) is 0 Å². The molecule has 1 atom stereocenters. The van der Waals surface area contributed by atoms with E-state index in [1.165, 1.54) is 18.4 Å². The lowest BCUT2D eigenvalue weighted by molar-refractivity contribution is 0.725. The molecule has 0 fully saturated rings. The monoisotopic (exact) mass is 283 g/mol. The summed E-state index contributed by atoms with van der Waals surface area (Å²) in [5.74, 6) is 0.515. The minimum Gasteiger partial charge on any atom is -0.384 e. The van der Waals surface area contributed by atoms with E-state index in [2.05, 4.69) is 66.6 Å². The highest BCUT2D eigenvalue weighted by Gasteiger charge is 2.08. The maximum atomic E-state index is 4.04. The first-order chi connectivity index (χ1) is 10.2. The van der Waals surface area contributed by atoms with Gasteiger partial charge in [0.1, 0.15) is 0 Å². The number of rotatable bonds is 7. The Morgan fingerprint density at radius 1 is 1.29 bits per heavy atom. The number of nitrogens with one attached hydrogen (secondary N) is 2. The Bertz CT molecular complexity index is 543. The molecule has 2 rings (SSSR count). The third kappa shape index (κ3) is 4.22. The number of hydrogen-bond donors (Lipinski definition) is 2. The number of benzene rings is 1. The molecular weight excluding hydrogens is 258 g/mol. The number of hydrogen-bond acceptors (Lipinski definition) is 3. The van der Waals surface area contributed by atoms with Gasteiger partial charge >= 0.3 is 0 Å². The second kappa shape index (κ2) is 7.67. The normalized spacial score (nSPS) is 15.2. The summed E-state index contributed by atoms with van der Waals surface area (Å²) in [6.45, 7) is 9.77. The van der Waals surface area contributed by atoms with Gasteiger partial charge in [-0.15, -0.1) is 0 Å². The lowest BCUT2D eigenvalue weighted by Gasteiger charge is -2.18. The smallest absolute Gasteiger partial charge is 0.0855 e. The molecule has 1 aromatic carbocycles. The van der Waals surface area contributed by atoms with E-state index in [1.807, 2.05) is 6.07 Å². The van der Waals surface area contributed by atoms with Crippen molar-refractivity contribution < 1.29 is 0 Å². The minimum absolute atomic E-state index is 0.515. The van der Waals surface area contributed by atoms with E-state index >= 15 is 0 Å². The van der Waals surface area contributed by atoms with Crippen molar-refractivity contribution in [3.05, 3.63) is 42.0 Å². The predicted molar refractivity (Wildman–Crippen MR) is 93.9 cm³/mol. The van der Waals surface area contributed by atoms with Gasteiger partial charge in [0.15, 0.2) is 0 Å². The van der Waals surface area contributed by atoms with Crippen LogP contribution in [-0.2, 0) is 0 Å². The van der Waals surface area contributed by atoms with E-state index in [0.29, 0.717) is 5.92 Å². The Kier molecular flexibility index (Phi) is 5.61. The first-order valence-electron chi connectivity index (χ1n) is 7.69. The van der Waals surface area contributed by atoms with Gasteiger partial charge < -0.3 is 10.6 Å². The maximum absolute atomic E-state index is 4.04. The molecule has 0 saturated heterocycles. The van der Waals surface area contributed by atoms with Crippen LogP contribution >= 0.6 is 0 Å². The summed E-state index contributed by atoms with van der Waals surface area (Å²) < 4.78 is 0. The van der Waals surface area contributed by atoms with E-state index in [9.17, 15) is 0 Å². The van der Waals surface area contributed by atoms with Crippen molar-refractivity contribution in [1.82, 2.24) is 0 Å². The second-order valence-corrected chi connectivity index (χ2v) is 5.39. The zero-order valence-corrected chi connectivity index (χ0v) is 13.0. The van der Waals surface area contributed by atoms with Crippen molar-refractivity contribution in [3.63, 3.8) is 0 Å². The van der Waals surface area contributed by atoms with Crippen molar-refractivity contribution in [2.75, 3.05) is 23.7 Å². The van der Waals surface area contributed by atoms with Gasteiger partial charge in [0, 0.05) is 18.8 Å². The highest BCUT2D eigenvalue weighted by Crippen LogP contribution is 2.28. The van der Waals surface area contributed by atoms with E-state index in [1.54, 1.807) is 0 Å². The lowest BCUT2D eigenvalue weighted by Crippen LogP contribution is -2.13. The fraction of sp³-hybridized carbons (Fsp3) is 0.389. The van der Waals surface area contributed by atoms with Crippen LogP contribution in [0.3, 0.4) is 0 Å². The van der Waals surface area contributed by atoms with Crippen molar-refractivity contribution in [1.29, 1.82) is 0 Å². The fourth-order valence-electron chi connectivity index (χ4n) is 2.50. The number of anilines is 2. The van der Waals surface area contributed by atoms with E-state index < -0.39 is 0 Å². The average Bonchev–Trinajstić information content (AvgIpc) is 2.54. The Morgan fingerprint density at radius 3 is 2.81 bits per heavy atom. The predicted octanol–water partition coefficient (Wildman–Crippen LogP) is 4.77. The zero-order chi connectivity index (χ0) is 15.1. The Balaban J connectivity index is 1.99. The molecule has 1 aliphatic carbocycles. The van der Waals surface area contributed by atoms with Gasteiger partial charge in [0.2, 0.25) is 0 Å². The first kappa shape index (κ1) is 15.4. The lowest BCUT2D eigenvalue weighted by atomic mass is 9.95. The number of allylic oxidation sites excluding steroid dienone is 3. The van der Waals surface area contributed by atoms with Crippen LogP contribution in [0.15, 0.2) is 47.0 Å². The zero-order valence-electron chi connectivity index (χ0n) is 13.0. The second-order valence-electron chi connectivity index (χ2n) is 5.39. The average molecular weight is 283 g/mol. The summed E-state index contributed by atoms with van der Waals surface area (Å²) in [4.78, 5) is 4.04. The van der Waals surface area contributed by atoms with Crippen LogP contribution in [0.1, 0.15) is 26.7 Å². The van der Waals surface area contributed by atoms with E-state index in [-0.39, 0.29) is 0 Å². The van der Waals surface area contributed by atoms with Crippen molar-refractivity contribution >= 4 is 23.8 Å². The van der Waals surface area contributed by atoms with Crippen LogP contribution in [0, 0.1) is 5.92 Å². The molecule has 0 amide bonds.